The summed E-state index contributed by atoms with van der Waals surface area (Å²) in [5.74, 6) is 0.267. The van der Waals surface area contributed by atoms with Crippen molar-refractivity contribution in [1.82, 2.24) is 20.1 Å². The summed E-state index contributed by atoms with van der Waals surface area (Å²) in [5, 5.41) is 6.99. The van der Waals surface area contributed by atoms with E-state index in [0.29, 0.717) is 17.9 Å². The first-order valence-corrected chi connectivity index (χ1v) is 7.10. The third-order valence-electron chi connectivity index (χ3n) is 3.12. The molecule has 2 rings (SSSR count). The van der Waals surface area contributed by atoms with E-state index in [4.69, 9.17) is 5.73 Å². The van der Waals surface area contributed by atoms with Crippen molar-refractivity contribution in [1.29, 1.82) is 0 Å². The molecule has 0 aliphatic carbocycles. The molecule has 0 saturated carbocycles. The summed E-state index contributed by atoms with van der Waals surface area (Å²) < 4.78 is 1.75. The van der Waals surface area contributed by atoms with Crippen LogP contribution >= 0.6 is 0 Å². The van der Waals surface area contributed by atoms with Crippen LogP contribution < -0.4 is 11.1 Å². The van der Waals surface area contributed by atoms with E-state index in [1.54, 1.807) is 23.0 Å². The molecule has 0 spiro atoms. The number of anilines is 1. The van der Waals surface area contributed by atoms with Gasteiger partial charge in [0.05, 0.1) is 6.20 Å². The number of nitrogens with two attached hydrogens (primary N) is 1. The van der Waals surface area contributed by atoms with E-state index < -0.39 is 0 Å². The van der Waals surface area contributed by atoms with Crippen LogP contribution in [0.5, 0.6) is 0 Å². The van der Waals surface area contributed by atoms with Gasteiger partial charge in [0, 0.05) is 31.0 Å². The van der Waals surface area contributed by atoms with Crippen molar-refractivity contribution in [3.63, 3.8) is 0 Å². The van der Waals surface area contributed by atoms with Crippen molar-refractivity contribution in [2.75, 3.05) is 12.3 Å². The van der Waals surface area contributed by atoms with Gasteiger partial charge in [-0.1, -0.05) is 13.3 Å². The van der Waals surface area contributed by atoms with E-state index in [1.165, 1.54) is 0 Å². The normalized spacial score (nSPS) is 10.6. The highest BCUT2D eigenvalue weighted by atomic mass is 16.1. The maximum Gasteiger partial charge on any atom is 0.251 e. The van der Waals surface area contributed by atoms with Gasteiger partial charge in [-0.25, -0.2) is 4.98 Å². The molecule has 2 heterocycles. The maximum atomic E-state index is 12.1. The van der Waals surface area contributed by atoms with Crippen LogP contribution in [0, 0.1) is 0 Å². The monoisotopic (exact) mass is 287 g/mol. The first-order chi connectivity index (χ1) is 10.1. The molecule has 6 nitrogen and oxygen atoms in total. The number of hydrogen-bond acceptors (Lipinski definition) is 4. The quantitative estimate of drug-likeness (QED) is 0.839. The summed E-state index contributed by atoms with van der Waals surface area (Å²) in [4.78, 5) is 16.4. The van der Waals surface area contributed by atoms with Crippen LogP contribution in [-0.2, 0) is 19.9 Å². The second-order valence-corrected chi connectivity index (χ2v) is 5.05. The molecule has 0 saturated heterocycles. The molecule has 6 heteroatoms. The number of aryl methyl sites for hydroxylation is 2. The molecule has 3 N–H and O–H groups in total. The molecular weight excluding hydrogens is 266 g/mol. The van der Waals surface area contributed by atoms with Crippen molar-refractivity contribution in [3.05, 3.63) is 41.3 Å². The lowest BCUT2D eigenvalue weighted by Gasteiger charge is -2.07. The first kappa shape index (κ1) is 15.0. The number of aromatic nitrogens is 3. The smallest absolute Gasteiger partial charge is 0.251 e. The van der Waals surface area contributed by atoms with Gasteiger partial charge in [-0.05, 0) is 30.5 Å². The van der Waals surface area contributed by atoms with Crippen molar-refractivity contribution in [2.24, 2.45) is 7.05 Å². The Hall–Kier alpha value is -2.37. The van der Waals surface area contributed by atoms with Gasteiger partial charge in [-0.2, -0.15) is 5.10 Å². The molecule has 21 heavy (non-hydrogen) atoms. The van der Waals surface area contributed by atoms with Crippen LogP contribution in [0.3, 0.4) is 0 Å². The minimum Gasteiger partial charge on any atom is -0.384 e. The largest absolute Gasteiger partial charge is 0.384 e. The average molecular weight is 287 g/mol. The van der Waals surface area contributed by atoms with Gasteiger partial charge in [-0.3, -0.25) is 9.48 Å². The standard InChI is InChI=1S/C15H21N5O/c1-3-4-13-7-12(8-14(16)19-13)15(21)17-6-5-11-9-18-20(2)10-11/h7-10H,3-6H2,1-2H3,(H2,16,19)(H,17,21). The molecule has 0 aromatic carbocycles. The number of nitrogen functional groups attached to an aromatic ring is 1. The topological polar surface area (TPSA) is 85.8 Å². The Labute approximate surface area is 124 Å². The Kier molecular flexibility index (Phi) is 4.92. The molecular formula is C15H21N5O. The summed E-state index contributed by atoms with van der Waals surface area (Å²) in [6, 6.07) is 3.41. The fourth-order valence-corrected chi connectivity index (χ4v) is 2.15. The third kappa shape index (κ3) is 4.30. The first-order valence-electron chi connectivity index (χ1n) is 7.10. The molecule has 0 bridgehead atoms. The minimum absolute atomic E-state index is 0.120. The van der Waals surface area contributed by atoms with E-state index in [2.05, 4.69) is 22.3 Å². The highest BCUT2D eigenvalue weighted by molar-refractivity contribution is 5.94. The van der Waals surface area contributed by atoms with Crippen molar-refractivity contribution < 1.29 is 4.79 Å². The highest BCUT2D eigenvalue weighted by Crippen LogP contribution is 2.09. The molecule has 112 valence electrons. The van der Waals surface area contributed by atoms with Crippen LogP contribution in [0.4, 0.5) is 5.82 Å². The van der Waals surface area contributed by atoms with Crippen LogP contribution in [0.15, 0.2) is 24.5 Å². The van der Waals surface area contributed by atoms with Gasteiger partial charge in [-0.15, -0.1) is 0 Å². The summed E-state index contributed by atoms with van der Waals surface area (Å²) >= 11 is 0. The molecule has 0 fully saturated rings. The Morgan fingerprint density at radius 1 is 1.38 bits per heavy atom. The predicted molar refractivity (Wildman–Crippen MR) is 81.9 cm³/mol. The predicted octanol–water partition coefficient (Wildman–Crippen LogP) is 1.32. The van der Waals surface area contributed by atoms with Crippen LogP contribution in [-0.4, -0.2) is 27.2 Å². The zero-order chi connectivity index (χ0) is 15.2. The van der Waals surface area contributed by atoms with Crippen molar-refractivity contribution in [2.45, 2.75) is 26.2 Å². The third-order valence-corrected chi connectivity index (χ3v) is 3.12. The Morgan fingerprint density at radius 2 is 2.19 bits per heavy atom. The van der Waals surface area contributed by atoms with Gasteiger partial charge >= 0.3 is 0 Å². The number of carbonyl (C=O) groups is 1. The summed E-state index contributed by atoms with van der Waals surface area (Å²) in [5.41, 5.74) is 8.27. The van der Waals surface area contributed by atoms with E-state index in [-0.39, 0.29) is 5.91 Å². The van der Waals surface area contributed by atoms with Crippen molar-refractivity contribution >= 4 is 11.7 Å². The zero-order valence-corrected chi connectivity index (χ0v) is 12.5. The number of hydrogen-bond donors (Lipinski definition) is 2. The second kappa shape index (κ2) is 6.88. The number of rotatable bonds is 6. The Bertz CT molecular complexity index is 620. The highest BCUT2D eigenvalue weighted by Gasteiger charge is 2.08. The fourth-order valence-electron chi connectivity index (χ4n) is 2.15. The molecule has 2 aromatic rings. The van der Waals surface area contributed by atoms with Crippen molar-refractivity contribution in [3.8, 4) is 0 Å². The molecule has 0 atom stereocenters. The van der Waals surface area contributed by atoms with E-state index in [1.807, 2.05) is 13.2 Å². The Morgan fingerprint density at radius 3 is 2.86 bits per heavy atom. The molecule has 2 aromatic heterocycles. The lowest BCUT2D eigenvalue weighted by atomic mass is 10.1. The second-order valence-electron chi connectivity index (χ2n) is 5.05. The zero-order valence-electron chi connectivity index (χ0n) is 12.5. The van der Waals surface area contributed by atoms with E-state index >= 15 is 0 Å². The van der Waals surface area contributed by atoms with Gasteiger partial charge in [0.2, 0.25) is 0 Å². The van der Waals surface area contributed by atoms with Gasteiger partial charge < -0.3 is 11.1 Å². The number of carbonyl (C=O) groups excluding carboxylic acids is 1. The molecule has 0 radical (unpaired) electrons. The molecule has 1 amide bonds. The molecule has 0 unspecified atom stereocenters. The van der Waals surface area contributed by atoms with Gasteiger partial charge in [0.25, 0.3) is 5.91 Å². The average Bonchev–Trinajstić information content (AvgIpc) is 2.84. The van der Waals surface area contributed by atoms with E-state index in [9.17, 15) is 4.79 Å². The Balaban J connectivity index is 1.93. The number of pyridine rings is 1. The molecule has 0 aliphatic heterocycles. The summed E-state index contributed by atoms with van der Waals surface area (Å²) in [7, 11) is 1.87. The fraction of sp³-hybridized carbons (Fsp3) is 0.400. The number of nitrogens with zero attached hydrogens (tertiary/aromatic N) is 3. The minimum atomic E-state index is -0.120. The van der Waals surface area contributed by atoms with E-state index in [0.717, 1.165) is 30.5 Å². The SMILES string of the molecule is CCCc1cc(C(=O)NCCc2cnn(C)c2)cc(N)n1. The molecule has 0 aliphatic rings. The van der Waals surface area contributed by atoms with Crippen LogP contribution in [0.2, 0.25) is 0 Å². The number of amides is 1. The lowest BCUT2D eigenvalue weighted by molar-refractivity contribution is 0.0954. The van der Waals surface area contributed by atoms with Crippen LogP contribution in [0.25, 0.3) is 0 Å². The van der Waals surface area contributed by atoms with Crippen LogP contribution in [0.1, 0.15) is 35.0 Å². The lowest BCUT2D eigenvalue weighted by Crippen LogP contribution is -2.26. The summed E-state index contributed by atoms with van der Waals surface area (Å²) in [6.07, 6.45) is 6.29. The summed E-state index contributed by atoms with van der Waals surface area (Å²) in [6.45, 7) is 2.63. The van der Waals surface area contributed by atoms with Gasteiger partial charge in [0.15, 0.2) is 0 Å². The number of nitrogens with one attached hydrogen (secondary N) is 1. The maximum absolute atomic E-state index is 12.1. The van der Waals surface area contributed by atoms with Gasteiger partial charge in [0.1, 0.15) is 5.82 Å².